The van der Waals surface area contributed by atoms with Gasteiger partial charge in [-0.2, -0.15) is 0 Å². The Kier molecular flexibility index (Phi) is 4.75. The minimum atomic E-state index is -0.762. The summed E-state index contributed by atoms with van der Waals surface area (Å²) in [4.78, 5) is 37.9. The van der Waals surface area contributed by atoms with Gasteiger partial charge >= 0.3 is 5.97 Å². The van der Waals surface area contributed by atoms with Crippen molar-refractivity contribution in [2.45, 2.75) is 33.0 Å². The van der Waals surface area contributed by atoms with E-state index in [2.05, 4.69) is 0 Å². The number of hydrogen-bond acceptors (Lipinski definition) is 5. The molecule has 0 aromatic heterocycles. The highest BCUT2D eigenvalue weighted by atomic mass is 16.6. The SMILES string of the molecule is CC(C)OC(=O)[C@H](C)Oc1ccc(N2C(=O)c3ccccc3C2=O)cc1. The minimum Gasteiger partial charge on any atom is -0.479 e. The molecular weight excluding hydrogens is 334 g/mol. The summed E-state index contributed by atoms with van der Waals surface area (Å²) in [6, 6.07) is 13.2. The number of carbonyl (C=O) groups is 3. The first-order valence-electron chi connectivity index (χ1n) is 8.33. The van der Waals surface area contributed by atoms with Gasteiger partial charge in [0.1, 0.15) is 5.75 Å². The average Bonchev–Trinajstić information content (AvgIpc) is 2.87. The molecule has 0 spiro atoms. The maximum atomic E-state index is 12.5. The maximum absolute atomic E-state index is 12.5. The van der Waals surface area contributed by atoms with Crippen molar-refractivity contribution in [3.8, 4) is 5.75 Å². The van der Waals surface area contributed by atoms with Crippen molar-refractivity contribution in [1.82, 2.24) is 0 Å². The minimum absolute atomic E-state index is 0.218. The fourth-order valence-electron chi connectivity index (χ4n) is 2.68. The molecule has 2 amide bonds. The van der Waals surface area contributed by atoms with Gasteiger partial charge < -0.3 is 9.47 Å². The summed E-state index contributed by atoms with van der Waals surface area (Å²) in [5.74, 6) is -0.718. The van der Waals surface area contributed by atoms with Crippen LogP contribution in [0, 0.1) is 0 Å². The van der Waals surface area contributed by atoms with Crippen LogP contribution < -0.4 is 9.64 Å². The van der Waals surface area contributed by atoms with Gasteiger partial charge in [0.25, 0.3) is 11.8 Å². The van der Waals surface area contributed by atoms with Crippen molar-refractivity contribution in [1.29, 1.82) is 0 Å². The molecule has 0 unspecified atom stereocenters. The van der Waals surface area contributed by atoms with E-state index in [4.69, 9.17) is 9.47 Å². The molecule has 0 radical (unpaired) electrons. The Morgan fingerprint density at radius 1 is 0.885 bits per heavy atom. The van der Waals surface area contributed by atoms with Gasteiger partial charge in [-0.05, 0) is 57.2 Å². The normalized spacial score (nSPS) is 14.4. The summed E-state index contributed by atoms with van der Waals surface area (Å²) in [7, 11) is 0. The van der Waals surface area contributed by atoms with E-state index in [-0.39, 0.29) is 17.9 Å². The topological polar surface area (TPSA) is 72.9 Å². The lowest BCUT2D eigenvalue weighted by Gasteiger charge is -2.17. The zero-order chi connectivity index (χ0) is 18.8. The lowest BCUT2D eigenvalue weighted by atomic mass is 10.1. The fraction of sp³-hybridized carbons (Fsp3) is 0.250. The second-order valence-electron chi connectivity index (χ2n) is 6.23. The average molecular weight is 353 g/mol. The highest BCUT2D eigenvalue weighted by Gasteiger charge is 2.36. The zero-order valence-electron chi connectivity index (χ0n) is 14.8. The Morgan fingerprint density at radius 3 is 1.92 bits per heavy atom. The van der Waals surface area contributed by atoms with Gasteiger partial charge in [0.2, 0.25) is 0 Å². The van der Waals surface area contributed by atoms with E-state index in [1.807, 2.05) is 0 Å². The molecule has 1 atom stereocenters. The number of carbonyl (C=O) groups excluding carboxylic acids is 3. The number of hydrogen-bond donors (Lipinski definition) is 0. The number of esters is 1. The van der Waals surface area contributed by atoms with Crippen LogP contribution in [-0.2, 0) is 9.53 Å². The summed E-state index contributed by atoms with van der Waals surface area (Å²) in [6.07, 6.45) is -0.979. The highest BCUT2D eigenvalue weighted by Crippen LogP contribution is 2.29. The Hall–Kier alpha value is -3.15. The van der Waals surface area contributed by atoms with Crippen molar-refractivity contribution in [2.75, 3.05) is 4.90 Å². The summed E-state index contributed by atoms with van der Waals surface area (Å²) < 4.78 is 10.6. The highest BCUT2D eigenvalue weighted by molar-refractivity contribution is 6.34. The first-order valence-corrected chi connectivity index (χ1v) is 8.33. The molecule has 0 aliphatic carbocycles. The molecular formula is C20H19NO5. The fourth-order valence-corrected chi connectivity index (χ4v) is 2.68. The number of imide groups is 1. The molecule has 2 aromatic rings. The van der Waals surface area contributed by atoms with E-state index in [0.717, 1.165) is 4.90 Å². The number of anilines is 1. The largest absolute Gasteiger partial charge is 0.479 e. The van der Waals surface area contributed by atoms with E-state index in [0.29, 0.717) is 22.6 Å². The number of rotatable bonds is 5. The van der Waals surface area contributed by atoms with Gasteiger partial charge in [0.05, 0.1) is 22.9 Å². The van der Waals surface area contributed by atoms with Gasteiger partial charge in [-0.25, -0.2) is 9.69 Å². The van der Waals surface area contributed by atoms with Gasteiger partial charge in [-0.3, -0.25) is 9.59 Å². The summed E-state index contributed by atoms with van der Waals surface area (Å²) in [6.45, 7) is 5.13. The summed E-state index contributed by atoms with van der Waals surface area (Å²) in [5.41, 5.74) is 1.23. The number of fused-ring (bicyclic) bond motifs is 1. The van der Waals surface area contributed by atoms with E-state index in [1.54, 1.807) is 69.3 Å². The first-order chi connectivity index (χ1) is 12.4. The van der Waals surface area contributed by atoms with Gasteiger partial charge in [0, 0.05) is 0 Å². The Balaban J connectivity index is 1.74. The van der Waals surface area contributed by atoms with E-state index in [1.165, 1.54) is 0 Å². The van der Waals surface area contributed by atoms with E-state index in [9.17, 15) is 14.4 Å². The smallest absolute Gasteiger partial charge is 0.347 e. The molecule has 134 valence electrons. The van der Waals surface area contributed by atoms with Crippen LogP contribution in [0.3, 0.4) is 0 Å². The lowest BCUT2D eigenvalue weighted by Crippen LogP contribution is -2.29. The monoisotopic (exact) mass is 353 g/mol. The van der Waals surface area contributed by atoms with Crippen molar-refractivity contribution < 1.29 is 23.9 Å². The molecule has 0 saturated heterocycles. The third kappa shape index (κ3) is 3.31. The second kappa shape index (κ2) is 7.00. The van der Waals surface area contributed by atoms with Crippen molar-refractivity contribution in [3.63, 3.8) is 0 Å². The number of ether oxygens (including phenoxy) is 2. The molecule has 26 heavy (non-hydrogen) atoms. The van der Waals surface area contributed by atoms with Crippen LogP contribution in [-0.4, -0.2) is 30.0 Å². The Labute approximate surface area is 151 Å². The predicted octanol–water partition coefficient (Wildman–Crippen LogP) is 3.21. The lowest BCUT2D eigenvalue weighted by molar-refractivity contribution is -0.154. The summed E-state index contributed by atoms with van der Waals surface area (Å²) in [5, 5.41) is 0. The molecule has 6 heteroatoms. The summed E-state index contributed by atoms with van der Waals surface area (Å²) >= 11 is 0. The van der Waals surface area contributed by atoms with Crippen LogP contribution in [0.4, 0.5) is 5.69 Å². The van der Waals surface area contributed by atoms with Gasteiger partial charge in [-0.15, -0.1) is 0 Å². The Bertz CT molecular complexity index is 822. The van der Waals surface area contributed by atoms with Gasteiger partial charge in [0.15, 0.2) is 6.10 Å². The molecule has 6 nitrogen and oxygen atoms in total. The standard InChI is InChI=1S/C20H19NO5/c1-12(2)25-20(24)13(3)26-15-10-8-14(9-11-15)21-18(22)16-6-4-5-7-17(16)19(21)23/h4-13H,1-3H3/t13-/m0/s1. The van der Waals surface area contributed by atoms with Gasteiger partial charge in [-0.1, -0.05) is 12.1 Å². The molecule has 1 aliphatic rings. The second-order valence-corrected chi connectivity index (χ2v) is 6.23. The Morgan fingerprint density at radius 2 is 1.42 bits per heavy atom. The zero-order valence-corrected chi connectivity index (χ0v) is 14.8. The van der Waals surface area contributed by atoms with Crippen LogP contribution in [0.1, 0.15) is 41.5 Å². The molecule has 0 fully saturated rings. The van der Waals surface area contributed by atoms with Crippen molar-refractivity contribution in [2.24, 2.45) is 0 Å². The van der Waals surface area contributed by atoms with Crippen LogP contribution in [0.15, 0.2) is 48.5 Å². The number of benzene rings is 2. The van der Waals surface area contributed by atoms with E-state index >= 15 is 0 Å². The number of nitrogens with zero attached hydrogens (tertiary/aromatic N) is 1. The van der Waals surface area contributed by atoms with Crippen molar-refractivity contribution in [3.05, 3.63) is 59.7 Å². The molecule has 2 aromatic carbocycles. The molecule has 1 aliphatic heterocycles. The van der Waals surface area contributed by atoms with Crippen LogP contribution >= 0.6 is 0 Å². The maximum Gasteiger partial charge on any atom is 0.347 e. The molecule has 0 saturated carbocycles. The number of amides is 2. The quantitative estimate of drug-likeness (QED) is 0.610. The van der Waals surface area contributed by atoms with Crippen LogP contribution in [0.25, 0.3) is 0 Å². The third-order valence-electron chi connectivity index (χ3n) is 3.89. The predicted molar refractivity (Wildman–Crippen MR) is 95.3 cm³/mol. The van der Waals surface area contributed by atoms with E-state index < -0.39 is 12.1 Å². The first kappa shape index (κ1) is 17.7. The molecule has 0 N–H and O–H groups in total. The van der Waals surface area contributed by atoms with Crippen LogP contribution in [0.5, 0.6) is 5.75 Å². The molecule has 1 heterocycles. The molecule has 0 bridgehead atoms. The van der Waals surface area contributed by atoms with Crippen LogP contribution in [0.2, 0.25) is 0 Å². The third-order valence-corrected chi connectivity index (χ3v) is 3.89. The molecule has 3 rings (SSSR count). The van der Waals surface area contributed by atoms with Crippen molar-refractivity contribution >= 4 is 23.5 Å².